The van der Waals surface area contributed by atoms with Gasteiger partial charge in [0.25, 0.3) is 5.56 Å². The lowest BCUT2D eigenvalue weighted by Crippen LogP contribution is -2.21. The summed E-state index contributed by atoms with van der Waals surface area (Å²) >= 11 is 0. The monoisotopic (exact) mass is 215 g/mol. The second-order valence-electron chi connectivity index (χ2n) is 3.02. The maximum atomic E-state index is 11.0. The Kier molecular flexibility index (Phi) is 3.82. The van der Waals surface area contributed by atoms with Gasteiger partial charge in [0.05, 0.1) is 11.9 Å². The molecule has 14 heavy (non-hydrogen) atoms. The summed E-state index contributed by atoms with van der Waals surface area (Å²) in [5.41, 5.74) is 0.395. The summed E-state index contributed by atoms with van der Waals surface area (Å²) < 4.78 is 11.0. The van der Waals surface area contributed by atoms with Crippen molar-refractivity contribution in [3.63, 3.8) is 0 Å². The number of rotatable bonds is 4. The van der Waals surface area contributed by atoms with E-state index in [1.807, 2.05) is 6.92 Å². The molecule has 5 nitrogen and oxygen atoms in total. The van der Waals surface area contributed by atoms with Gasteiger partial charge in [0.1, 0.15) is 0 Å². The number of hydrogen-bond donors (Lipinski definition) is 2. The van der Waals surface area contributed by atoms with E-state index >= 15 is 0 Å². The smallest absolute Gasteiger partial charge is 0.266 e. The maximum absolute atomic E-state index is 11.0. The van der Waals surface area contributed by atoms with E-state index in [1.165, 1.54) is 12.3 Å². The average molecular weight is 215 g/mol. The first-order valence-electron chi connectivity index (χ1n) is 4.20. The van der Waals surface area contributed by atoms with Gasteiger partial charge in [0, 0.05) is 34.9 Å². The Morgan fingerprint density at radius 1 is 1.71 bits per heavy atom. The van der Waals surface area contributed by atoms with E-state index in [1.54, 1.807) is 6.26 Å². The largest absolute Gasteiger partial charge is 0.382 e. The Morgan fingerprint density at radius 2 is 2.43 bits per heavy atom. The Morgan fingerprint density at radius 3 is 3.00 bits per heavy atom. The summed E-state index contributed by atoms with van der Waals surface area (Å²) in [4.78, 5) is 10.9. The highest BCUT2D eigenvalue weighted by Gasteiger charge is 2.05. The number of aromatic amines is 1. The van der Waals surface area contributed by atoms with Crippen LogP contribution in [0, 0.1) is 0 Å². The second-order valence-corrected chi connectivity index (χ2v) is 4.83. The Bertz CT molecular complexity index is 377. The molecule has 0 aromatic carbocycles. The summed E-state index contributed by atoms with van der Waals surface area (Å²) in [7, 11) is -0.858. The molecular formula is C8H13N3O2S. The van der Waals surface area contributed by atoms with Crippen LogP contribution < -0.4 is 10.9 Å². The Balaban J connectivity index is 2.54. The lowest BCUT2D eigenvalue weighted by molar-refractivity contribution is 0.679. The first-order valence-corrected chi connectivity index (χ1v) is 5.82. The molecule has 0 aliphatic heterocycles. The molecule has 1 aromatic rings. The van der Waals surface area contributed by atoms with Crippen LogP contribution in [0.15, 0.2) is 17.1 Å². The topological polar surface area (TPSA) is 74.8 Å². The molecular weight excluding hydrogens is 202 g/mol. The lowest BCUT2D eigenvalue weighted by atomic mass is 10.4. The Labute approximate surface area is 84.4 Å². The van der Waals surface area contributed by atoms with Gasteiger partial charge in [0.15, 0.2) is 0 Å². The molecule has 1 heterocycles. The van der Waals surface area contributed by atoms with E-state index < -0.39 is 10.8 Å². The SMILES string of the molecule is CC(CNc1cn[nH]c(=O)c1)S(C)=O. The molecule has 78 valence electrons. The van der Waals surface area contributed by atoms with Crippen LogP contribution >= 0.6 is 0 Å². The molecule has 0 amide bonds. The third kappa shape index (κ3) is 3.29. The highest BCUT2D eigenvalue weighted by molar-refractivity contribution is 7.84. The van der Waals surface area contributed by atoms with Crippen molar-refractivity contribution < 1.29 is 4.21 Å². The lowest BCUT2D eigenvalue weighted by Gasteiger charge is -2.09. The van der Waals surface area contributed by atoms with Gasteiger partial charge in [-0.25, -0.2) is 5.10 Å². The van der Waals surface area contributed by atoms with Crippen molar-refractivity contribution in [1.29, 1.82) is 0 Å². The van der Waals surface area contributed by atoms with Crippen molar-refractivity contribution in [3.05, 3.63) is 22.6 Å². The summed E-state index contributed by atoms with van der Waals surface area (Å²) in [5, 5.41) is 8.95. The minimum Gasteiger partial charge on any atom is -0.382 e. The van der Waals surface area contributed by atoms with Gasteiger partial charge in [-0.3, -0.25) is 9.00 Å². The highest BCUT2D eigenvalue weighted by atomic mass is 32.2. The van der Waals surface area contributed by atoms with Crippen LogP contribution in [-0.2, 0) is 10.8 Å². The van der Waals surface area contributed by atoms with Crippen LogP contribution in [0.2, 0.25) is 0 Å². The fourth-order valence-corrected chi connectivity index (χ4v) is 1.17. The van der Waals surface area contributed by atoms with Gasteiger partial charge in [0.2, 0.25) is 0 Å². The van der Waals surface area contributed by atoms with Gasteiger partial charge in [-0.2, -0.15) is 5.10 Å². The highest BCUT2D eigenvalue weighted by Crippen LogP contribution is 2.00. The molecule has 2 atom stereocenters. The summed E-state index contributed by atoms with van der Waals surface area (Å²) in [5.74, 6) is 0. The number of nitrogens with one attached hydrogen (secondary N) is 2. The van der Waals surface area contributed by atoms with Crippen LogP contribution in [0.4, 0.5) is 5.69 Å². The van der Waals surface area contributed by atoms with Gasteiger partial charge < -0.3 is 5.32 Å². The molecule has 0 radical (unpaired) electrons. The standard InChI is InChI=1S/C8H13N3O2S/c1-6(14(2)13)4-9-7-3-8(12)11-10-5-7/h3,5-6H,4H2,1-2H3,(H2,9,11,12). The van der Waals surface area contributed by atoms with Crippen LogP contribution in [0.5, 0.6) is 0 Å². The quantitative estimate of drug-likeness (QED) is 0.738. The normalized spacial score (nSPS) is 14.7. The molecule has 0 saturated heterocycles. The minimum absolute atomic E-state index is 0.0503. The second kappa shape index (κ2) is 4.90. The van der Waals surface area contributed by atoms with Crippen molar-refractivity contribution >= 4 is 16.5 Å². The third-order valence-corrected chi connectivity index (χ3v) is 3.13. The van der Waals surface area contributed by atoms with Crippen molar-refractivity contribution in [3.8, 4) is 0 Å². The molecule has 0 saturated carbocycles. The van der Waals surface area contributed by atoms with Crippen molar-refractivity contribution in [2.75, 3.05) is 18.1 Å². The van der Waals surface area contributed by atoms with Crippen molar-refractivity contribution in [2.45, 2.75) is 12.2 Å². The fraction of sp³-hybridized carbons (Fsp3) is 0.500. The minimum atomic E-state index is -0.858. The van der Waals surface area contributed by atoms with E-state index in [4.69, 9.17) is 0 Å². The summed E-state index contributed by atoms with van der Waals surface area (Å²) in [6, 6.07) is 1.41. The van der Waals surface area contributed by atoms with Crippen molar-refractivity contribution in [2.24, 2.45) is 0 Å². The fourth-order valence-electron chi connectivity index (χ4n) is 0.852. The van der Waals surface area contributed by atoms with Crippen LogP contribution in [0.3, 0.4) is 0 Å². The third-order valence-electron chi connectivity index (χ3n) is 1.83. The molecule has 0 spiro atoms. The van der Waals surface area contributed by atoms with Crippen LogP contribution in [0.1, 0.15) is 6.92 Å². The molecule has 0 aliphatic rings. The molecule has 2 unspecified atom stereocenters. The molecule has 0 bridgehead atoms. The number of aromatic nitrogens is 2. The van der Waals surface area contributed by atoms with Gasteiger partial charge in [-0.05, 0) is 6.92 Å². The van der Waals surface area contributed by atoms with Crippen LogP contribution in [-0.4, -0.2) is 32.5 Å². The average Bonchev–Trinajstić information content (AvgIpc) is 2.14. The van der Waals surface area contributed by atoms with E-state index in [9.17, 15) is 9.00 Å². The molecule has 0 aliphatic carbocycles. The molecule has 6 heteroatoms. The molecule has 1 aromatic heterocycles. The Hall–Kier alpha value is -1.17. The first kappa shape index (κ1) is 10.9. The zero-order chi connectivity index (χ0) is 10.6. The van der Waals surface area contributed by atoms with Gasteiger partial charge >= 0.3 is 0 Å². The van der Waals surface area contributed by atoms with E-state index in [0.717, 1.165) is 0 Å². The molecule has 0 fully saturated rings. The van der Waals surface area contributed by atoms with E-state index in [0.29, 0.717) is 12.2 Å². The zero-order valence-electron chi connectivity index (χ0n) is 8.11. The zero-order valence-corrected chi connectivity index (χ0v) is 8.93. The first-order chi connectivity index (χ1) is 6.59. The predicted molar refractivity (Wildman–Crippen MR) is 56.9 cm³/mol. The maximum Gasteiger partial charge on any atom is 0.266 e. The number of hydrogen-bond acceptors (Lipinski definition) is 4. The van der Waals surface area contributed by atoms with Crippen molar-refractivity contribution in [1.82, 2.24) is 10.2 Å². The molecule has 2 N–H and O–H groups in total. The van der Waals surface area contributed by atoms with E-state index in [2.05, 4.69) is 15.5 Å². The summed E-state index contributed by atoms with van der Waals surface area (Å²) in [6.45, 7) is 2.44. The number of H-pyrrole nitrogens is 1. The number of nitrogens with zero attached hydrogens (tertiary/aromatic N) is 1. The predicted octanol–water partition coefficient (Wildman–Crippen LogP) is -0.0512. The van der Waals surface area contributed by atoms with Crippen LogP contribution in [0.25, 0.3) is 0 Å². The van der Waals surface area contributed by atoms with Gasteiger partial charge in [-0.1, -0.05) is 0 Å². The van der Waals surface area contributed by atoms with Gasteiger partial charge in [-0.15, -0.1) is 0 Å². The van der Waals surface area contributed by atoms with E-state index in [-0.39, 0.29) is 10.8 Å². The summed E-state index contributed by atoms with van der Waals surface area (Å²) in [6.07, 6.45) is 3.18. The number of anilines is 1. The molecule has 1 rings (SSSR count).